The van der Waals surface area contributed by atoms with Gasteiger partial charge in [0.25, 0.3) is 0 Å². The van der Waals surface area contributed by atoms with E-state index in [-0.39, 0.29) is 5.75 Å². The quantitative estimate of drug-likeness (QED) is 0.254. The van der Waals surface area contributed by atoms with Gasteiger partial charge in [-0.25, -0.2) is 4.39 Å². The van der Waals surface area contributed by atoms with E-state index in [1.807, 2.05) is 0 Å². The molecular formula is C18H14F12O2. The Labute approximate surface area is 172 Å². The van der Waals surface area contributed by atoms with Crippen LogP contribution in [0.25, 0.3) is 0 Å². The number of carbonyl (C=O) groups is 1. The van der Waals surface area contributed by atoms with E-state index in [1.54, 1.807) is 0 Å². The maximum absolute atomic E-state index is 14.1. The van der Waals surface area contributed by atoms with Crippen LogP contribution in [0.4, 0.5) is 52.7 Å². The Balaban J connectivity index is 2.12. The second kappa shape index (κ2) is 8.32. The Kier molecular flexibility index (Phi) is 6.79. The van der Waals surface area contributed by atoms with E-state index in [4.69, 9.17) is 4.74 Å². The first-order valence-electron chi connectivity index (χ1n) is 8.91. The molecular weight excluding hydrogens is 476 g/mol. The molecule has 0 aromatic heterocycles. The summed E-state index contributed by atoms with van der Waals surface area (Å²) in [4.78, 5) is 12.0. The highest BCUT2D eigenvalue weighted by Gasteiger charge is 2.87. The van der Waals surface area contributed by atoms with Crippen LogP contribution in [0.15, 0.2) is 24.3 Å². The van der Waals surface area contributed by atoms with Gasteiger partial charge in [0.05, 0.1) is 5.92 Å². The molecule has 0 amide bonds. The number of rotatable bonds is 6. The molecule has 1 saturated carbocycles. The third kappa shape index (κ3) is 4.36. The fourth-order valence-electron chi connectivity index (χ4n) is 3.23. The molecule has 0 heterocycles. The molecule has 0 saturated heterocycles. The smallest absolute Gasteiger partial charge is 0.426 e. The van der Waals surface area contributed by atoms with Crippen molar-refractivity contribution in [3.05, 3.63) is 30.1 Å². The third-order valence-electron chi connectivity index (χ3n) is 5.17. The van der Waals surface area contributed by atoms with Crippen LogP contribution in [0.1, 0.15) is 25.7 Å². The molecule has 0 radical (unpaired) electrons. The lowest BCUT2D eigenvalue weighted by atomic mass is 9.76. The van der Waals surface area contributed by atoms with Crippen LogP contribution in [0, 0.1) is 17.7 Å². The summed E-state index contributed by atoms with van der Waals surface area (Å²) in [6, 6.07) is 3.96. The average Bonchev–Trinajstić information content (AvgIpc) is 2.68. The van der Waals surface area contributed by atoms with Gasteiger partial charge >= 0.3 is 35.8 Å². The molecule has 182 valence electrons. The highest BCUT2D eigenvalue weighted by Crippen LogP contribution is 2.60. The van der Waals surface area contributed by atoms with Crippen molar-refractivity contribution in [1.82, 2.24) is 0 Å². The molecule has 0 atom stereocenters. The minimum atomic E-state index is -7.44. The Bertz CT molecular complexity index is 808. The zero-order chi connectivity index (χ0) is 24.8. The second-order valence-electron chi connectivity index (χ2n) is 7.27. The molecule has 1 aromatic rings. The minimum Gasteiger partial charge on any atom is -0.426 e. The van der Waals surface area contributed by atoms with E-state index in [2.05, 4.69) is 0 Å². The van der Waals surface area contributed by atoms with Crippen molar-refractivity contribution in [2.24, 2.45) is 11.8 Å². The van der Waals surface area contributed by atoms with Gasteiger partial charge in [-0.15, -0.1) is 0 Å². The van der Waals surface area contributed by atoms with Gasteiger partial charge in [0.15, 0.2) is 0 Å². The SMILES string of the molecule is O=C(Oc1ccc(F)cc1)[C@H]1CC[C@H](C(F)(F)C(F)(F)C(F)(F)C(F)(F)C(F)(F)F)CC1. The predicted octanol–water partition coefficient (Wildman–Crippen LogP) is 6.64. The summed E-state index contributed by atoms with van der Waals surface area (Å²) < 4.78 is 163. The molecule has 0 N–H and O–H groups in total. The minimum absolute atomic E-state index is 0.135. The molecule has 0 bridgehead atoms. The highest BCUT2D eigenvalue weighted by atomic mass is 19.4. The number of esters is 1. The fraction of sp³-hybridized carbons (Fsp3) is 0.611. The van der Waals surface area contributed by atoms with E-state index < -0.39 is 79.2 Å². The molecule has 32 heavy (non-hydrogen) atoms. The van der Waals surface area contributed by atoms with Gasteiger partial charge in [-0.2, -0.15) is 48.3 Å². The van der Waals surface area contributed by atoms with Gasteiger partial charge in [0.1, 0.15) is 11.6 Å². The zero-order valence-corrected chi connectivity index (χ0v) is 15.6. The van der Waals surface area contributed by atoms with Gasteiger partial charge < -0.3 is 4.74 Å². The summed E-state index contributed by atoms with van der Waals surface area (Å²) in [5, 5.41) is 0. The molecule has 0 unspecified atom stereocenters. The Morgan fingerprint density at radius 3 is 1.62 bits per heavy atom. The summed E-state index contributed by atoms with van der Waals surface area (Å²) in [7, 11) is 0. The maximum atomic E-state index is 14.1. The lowest BCUT2D eigenvalue weighted by molar-refractivity contribution is -0.427. The van der Waals surface area contributed by atoms with E-state index in [0.717, 1.165) is 24.3 Å². The summed E-state index contributed by atoms with van der Waals surface area (Å²) >= 11 is 0. The van der Waals surface area contributed by atoms with Crippen LogP contribution >= 0.6 is 0 Å². The van der Waals surface area contributed by atoms with Crippen LogP contribution in [-0.2, 0) is 4.79 Å². The van der Waals surface area contributed by atoms with E-state index in [1.165, 1.54) is 0 Å². The van der Waals surface area contributed by atoms with Crippen LogP contribution < -0.4 is 4.74 Å². The number of ether oxygens (including phenoxy) is 1. The molecule has 2 rings (SSSR count). The van der Waals surface area contributed by atoms with Crippen LogP contribution in [-0.4, -0.2) is 35.8 Å². The van der Waals surface area contributed by atoms with Gasteiger partial charge in [-0.05, 0) is 49.9 Å². The standard InChI is InChI=1S/C18H14F12O2/c19-11-5-7-12(8-6-11)32-13(31)9-1-3-10(4-2-9)14(20,21)15(22,23)16(24,25)17(26,27)18(28,29)30/h5-10H,1-4H2/t9-,10-. The van der Waals surface area contributed by atoms with Crippen LogP contribution in [0.5, 0.6) is 5.75 Å². The van der Waals surface area contributed by atoms with Gasteiger partial charge in [-0.1, -0.05) is 0 Å². The number of hydrogen-bond donors (Lipinski definition) is 0. The first-order chi connectivity index (χ1) is 14.4. The highest BCUT2D eigenvalue weighted by molar-refractivity contribution is 5.75. The van der Waals surface area contributed by atoms with Crippen molar-refractivity contribution in [2.75, 3.05) is 0 Å². The molecule has 2 nitrogen and oxygen atoms in total. The van der Waals surface area contributed by atoms with Gasteiger partial charge in [0, 0.05) is 5.92 Å². The first kappa shape index (κ1) is 26.1. The number of carbonyl (C=O) groups excluding carboxylic acids is 1. The summed E-state index contributed by atoms with van der Waals surface area (Å²) in [6.45, 7) is 0. The normalized spacial score (nSPS) is 21.4. The lowest BCUT2D eigenvalue weighted by Crippen LogP contribution is -2.67. The maximum Gasteiger partial charge on any atom is 0.460 e. The number of benzene rings is 1. The Hall–Kier alpha value is -2.15. The van der Waals surface area contributed by atoms with Crippen molar-refractivity contribution in [1.29, 1.82) is 0 Å². The second-order valence-corrected chi connectivity index (χ2v) is 7.27. The molecule has 1 fully saturated rings. The number of hydrogen-bond acceptors (Lipinski definition) is 2. The topological polar surface area (TPSA) is 26.3 Å². The molecule has 1 aromatic carbocycles. The van der Waals surface area contributed by atoms with Crippen LogP contribution in [0.2, 0.25) is 0 Å². The monoisotopic (exact) mass is 490 g/mol. The van der Waals surface area contributed by atoms with Crippen molar-refractivity contribution in [3.63, 3.8) is 0 Å². The zero-order valence-electron chi connectivity index (χ0n) is 15.6. The molecule has 1 aliphatic rings. The van der Waals surface area contributed by atoms with Gasteiger partial charge in [0.2, 0.25) is 0 Å². The van der Waals surface area contributed by atoms with Crippen molar-refractivity contribution in [3.8, 4) is 5.75 Å². The number of halogens is 12. The number of alkyl halides is 11. The summed E-state index contributed by atoms with van der Waals surface area (Å²) in [6.07, 6.45) is -10.5. The van der Waals surface area contributed by atoms with E-state index >= 15 is 0 Å². The lowest BCUT2D eigenvalue weighted by Gasteiger charge is -2.41. The fourth-order valence-corrected chi connectivity index (χ4v) is 3.23. The molecule has 0 spiro atoms. The third-order valence-corrected chi connectivity index (χ3v) is 5.17. The average molecular weight is 490 g/mol. The van der Waals surface area contributed by atoms with Crippen molar-refractivity contribution >= 4 is 5.97 Å². The first-order valence-corrected chi connectivity index (χ1v) is 8.91. The van der Waals surface area contributed by atoms with Gasteiger partial charge in [-0.3, -0.25) is 4.79 Å². The van der Waals surface area contributed by atoms with E-state index in [9.17, 15) is 57.5 Å². The van der Waals surface area contributed by atoms with E-state index in [0.29, 0.717) is 0 Å². The van der Waals surface area contributed by atoms with Crippen molar-refractivity contribution < 1.29 is 62.2 Å². The summed E-state index contributed by atoms with van der Waals surface area (Å²) in [5.41, 5.74) is 0. The Morgan fingerprint density at radius 1 is 0.719 bits per heavy atom. The predicted molar refractivity (Wildman–Crippen MR) is 83.3 cm³/mol. The summed E-state index contributed by atoms with van der Waals surface area (Å²) in [5.74, 6) is -33.6. The van der Waals surface area contributed by atoms with Crippen molar-refractivity contribution in [2.45, 2.75) is 55.5 Å². The molecule has 0 aliphatic heterocycles. The van der Waals surface area contributed by atoms with Crippen LogP contribution in [0.3, 0.4) is 0 Å². The Morgan fingerprint density at radius 2 is 1.19 bits per heavy atom. The largest absolute Gasteiger partial charge is 0.460 e. The molecule has 14 heteroatoms. The molecule has 1 aliphatic carbocycles.